The molecule has 0 aliphatic carbocycles. The van der Waals surface area contributed by atoms with Crippen molar-refractivity contribution in [3.05, 3.63) is 34.4 Å². The Balaban J connectivity index is 2.28. The molecule has 124 valence electrons. The molecule has 2 heterocycles. The van der Waals surface area contributed by atoms with E-state index in [9.17, 15) is 14.7 Å². The minimum atomic E-state index is -1.17. The number of hydrogen-bond donors (Lipinski definition) is 1. The molecule has 0 atom stereocenters. The van der Waals surface area contributed by atoms with Crippen LogP contribution in [-0.4, -0.2) is 48.5 Å². The van der Waals surface area contributed by atoms with Crippen molar-refractivity contribution in [3.8, 4) is 0 Å². The summed E-state index contributed by atoms with van der Waals surface area (Å²) in [6.07, 6.45) is 1.29. The van der Waals surface area contributed by atoms with Crippen LogP contribution in [0, 0.1) is 13.8 Å². The van der Waals surface area contributed by atoms with Gasteiger partial charge in [-0.15, -0.1) is 0 Å². The van der Waals surface area contributed by atoms with Gasteiger partial charge in [0.05, 0.1) is 17.5 Å². The van der Waals surface area contributed by atoms with E-state index in [0.29, 0.717) is 6.54 Å². The first-order valence-corrected chi connectivity index (χ1v) is 7.31. The van der Waals surface area contributed by atoms with E-state index in [2.05, 4.69) is 10.2 Å². The van der Waals surface area contributed by atoms with Gasteiger partial charge < -0.3 is 10.0 Å². The molecule has 0 saturated carbocycles. The topological polar surface area (TPSA) is 93.3 Å². The van der Waals surface area contributed by atoms with Crippen molar-refractivity contribution in [2.75, 3.05) is 7.05 Å². The van der Waals surface area contributed by atoms with Gasteiger partial charge in [0.1, 0.15) is 0 Å². The number of carbonyl (C=O) groups is 2. The Morgan fingerprint density at radius 2 is 2.00 bits per heavy atom. The average molecular weight is 319 g/mol. The van der Waals surface area contributed by atoms with Crippen molar-refractivity contribution in [2.24, 2.45) is 7.05 Å². The highest BCUT2D eigenvalue weighted by Crippen LogP contribution is 2.17. The fraction of sp³-hybridized carbons (Fsp3) is 0.467. The third kappa shape index (κ3) is 2.96. The number of aromatic nitrogens is 4. The summed E-state index contributed by atoms with van der Waals surface area (Å²) < 4.78 is 3.07. The lowest BCUT2D eigenvalue weighted by atomic mass is 10.1. The van der Waals surface area contributed by atoms with Crippen molar-refractivity contribution in [1.29, 1.82) is 0 Å². The second-order valence-electron chi connectivity index (χ2n) is 5.46. The molecule has 8 nitrogen and oxygen atoms in total. The number of carbonyl (C=O) groups excluding carboxylic acids is 1. The van der Waals surface area contributed by atoms with E-state index in [1.165, 1.54) is 22.8 Å². The van der Waals surface area contributed by atoms with Crippen LogP contribution in [0.4, 0.5) is 0 Å². The van der Waals surface area contributed by atoms with Crippen LogP contribution in [0.2, 0.25) is 0 Å². The van der Waals surface area contributed by atoms with Gasteiger partial charge in [0.15, 0.2) is 5.69 Å². The molecule has 0 saturated heterocycles. The van der Waals surface area contributed by atoms with E-state index in [1.807, 2.05) is 25.5 Å². The zero-order valence-corrected chi connectivity index (χ0v) is 14.0. The number of carboxylic acids is 1. The van der Waals surface area contributed by atoms with Gasteiger partial charge in [-0.3, -0.25) is 14.2 Å². The molecule has 0 aliphatic rings. The highest BCUT2D eigenvalue weighted by Gasteiger charge is 2.25. The van der Waals surface area contributed by atoms with Crippen molar-refractivity contribution in [3.63, 3.8) is 0 Å². The standard InChI is InChI=1S/C15H21N5O3/c1-6-20-10(3)12(9(2)17-20)8-18(4)14(21)11-7-16-19(5)13(11)15(22)23/h7H,6,8H2,1-5H3,(H,22,23). The fourth-order valence-electron chi connectivity index (χ4n) is 2.63. The molecule has 0 bridgehead atoms. The lowest BCUT2D eigenvalue weighted by molar-refractivity contribution is 0.0669. The summed E-state index contributed by atoms with van der Waals surface area (Å²) in [6.45, 7) is 7.00. The number of aryl methyl sites for hydroxylation is 3. The molecule has 0 radical (unpaired) electrons. The van der Waals surface area contributed by atoms with Crippen LogP contribution >= 0.6 is 0 Å². The Bertz CT molecular complexity index is 759. The molecule has 2 rings (SSSR count). The predicted octanol–water partition coefficient (Wildman–Crippen LogP) is 1.22. The molecule has 0 spiro atoms. The maximum absolute atomic E-state index is 12.6. The van der Waals surface area contributed by atoms with Crippen LogP contribution in [-0.2, 0) is 20.1 Å². The maximum atomic E-state index is 12.6. The zero-order chi connectivity index (χ0) is 17.3. The third-order valence-electron chi connectivity index (χ3n) is 3.94. The van der Waals surface area contributed by atoms with E-state index >= 15 is 0 Å². The van der Waals surface area contributed by atoms with E-state index in [0.717, 1.165) is 23.5 Å². The average Bonchev–Trinajstić information content (AvgIpc) is 3.01. The summed E-state index contributed by atoms with van der Waals surface area (Å²) in [4.78, 5) is 25.3. The minimum absolute atomic E-state index is 0.0840. The molecule has 1 amide bonds. The van der Waals surface area contributed by atoms with Gasteiger partial charge in [-0.1, -0.05) is 0 Å². The molecule has 0 unspecified atom stereocenters. The van der Waals surface area contributed by atoms with Crippen LogP contribution in [0.1, 0.15) is 44.7 Å². The summed E-state index contributed by atoms with van der Waals surface area (Å²) >= 11 is 0. The molecule has 0 aliphatic heterocycles. The first-order chi connectivity index (χ1) is 10.8. The van der Waals surface area contributed by atoms with Gasteiger partial charge >= 0.3 is 5.97 Å². The second-order valence-corrected chi connectivity index (χ2v) is 5.46. The van der Waals surface area contributed by atoms with Crippen LogP contribution in [0.3, 0.4) is 0 Å². The number of rotatable bonds is 5. The summed E-state index contributed by atoms with van der Waals surface area (Å²) in [5.74, 6) is -1.55. The molecule has 0 fully saturated rings. The number of aromatic carboxylic acids is 1. The third-order valence-corrected chi connectivity index (χ3v) is 3.94. The Kier molecular flexibility index (Phi) is 4.53. The molecule has 0 aromatic carbocycles. The zero-order valence-electron chi connectivity index (χ0n) is 14.0. The number of nitrogens with zero attached hydrogens (tertiary/aromatic N) is 5. The Hall–Kier alpha value is -2.64. The summed E-state index contributed by atoms with van der Waals surface area (Å²) in [5.41, 5.74) is 2.83. The van der Waals surface area contributed by atoms with Gasteiger partial charge in [-0.25, -0.2) is 4.79 Å². The van der Waals surface area contributed by atoms with Crippen LogP contribution in [0.25, 0.3) is 0 Å². The summed E-state index contributed by atoms with van der Waals surface area (Å²) in [6, 6.07) is 0. The predicted molar refractivity (Wildman–Crippen MR) is 83.3 cm³/mol. The Morgan fingerprint density at radius 1 is 1.35 bits per heavy atom. The number of carboxylic acid groups (broad SMARTS) is 1. The molecular formula is C15H21N5O3. The minimum Gasteiger partial charge on any atom is -0.477 e. The van der Waals surface area contributed by atoms with Gasteiger partial charge in [0.25, 0.3) is 5.91 Å². The van der Waals surface area contributed by atoms with Crippen molar-refractivity contribution >= 4 is 11.9 Å². The smallest absolute Gasteiger partial charge is 0.354 e. The highest BCUT2D eigenvalue weighted by molar-refractivity contribution is 6.03. The van der Waals surface area contributed by atoms with Gasteiger partial charge in [0, 0.05) is 38.4 Å². The normalized spacial score (nSPS) is 10.8. The van der Waals surface area contributed by atoms with Gasteiger partial charge in [0.2, 0.25) is 0 Å². The lowest BCUT2D eigenvalue weighted by Gasteiger charge is -2.17. The molecular weight excluding hydrogens is 298 g/mol. The van der Waals surface area contributed by atoms with E-state index in [1.54, 1.807) is 7.05 Å². The van der Waals surface area contributed by atoms with Crippen molar-refractivity contribution in [2.45, 2.75) is 33.9 Å². The molecule has 1 N–H and O–H groups in total. The second kappa shape index (κ2) is 6.23. The number of amides is 1. The SMILES string of the molecule is CCn1nc(C)c(CN(C)C(=O)c2cnn(C)c2C(=O)O)c1C. The first kappa shape index (κ1) is 16.7. The quantitative estimate of drug-likeness (QED) is 0.894. The lowest BCUT2D eigenvalue weighted by Crippen LogP contribution is -2.28. The largest absolute Gasteiger partial charge is 0.477 e. The van der Waals surface area contributed by atoms with Crippen LogP contribution < -0.4 is 0 Å². The van der Waals surface area contributed by atoms with Crippen molar-refractivity contribution in [1.82, 2.24) is 24.5 Å². The van der Waals surface area contributed by atoms with Crippen molar-refractivity contribution < 1.29 is 14.7 Å². The van der Waals surface area contributed by atoms with Gasteiger partial charge in [-0.05, 0) is 20.8 Å². The molecule has 2 aromatic heterocycles. The summed E-state index contributed by atoms with van der Waals surface area (Å²) in [7, 11) is 3.14. The summed E-state index contributed by atoms with van der Waals surface area (Å²) in [5, 5.41) is 17.5. The fourth-order valence-corrected chi connectivity index (χ4v) is 2.63. The Labute approximate surface area is 134 Å². The first-order valence-electron chi connectivity index (χ1n) is 7.31. The Morgan fingerprint density at radius 3 is 2.52 bits per heavy atom. The number of hydrogen-bond acceptors (Lipinski definition) is 4. The highest BCUT2D eigenvalue weighted by atomic mass is 16.4. The van der Waals surface area contributed by atoms with E-state index in [-0.39, 0.29) is 17.2 Å². The maximum Gasteiger partial charge on any atom is 0.354 e. The van der Waals surface area contributed by atoms with Crippen LogP contribution in [0.15, 0.2) is 6.20 Å². The monoisotopic (exact) mass is 319 g/mol. The molecule has 23 heavy (non-hydrogen) atoms. The van der Waals surface area contributed by atoms with Gasteiger partial charge in [-0.2, -0.15) is 10.2 Å². The van der Waals surface area contributed by atoms with E-state index < -0.39 is 5.97 Å². The molecule has 2 aromatic rings. The molecule has 8 heteroatoms. The van der Waals surface area contributed by atoms with E-state index in [4.69, 9.17) is 0 Å². The van der Waals surface area contributed by atoms with Crippen LogP contribution in [0.5, 0.6) is 0 Å².